The fourth-order valence-electron chi connectivity index (χ4n) is 8.63. The Labute approximate surface area is 393 Å². The number of unbranched alkanes of at least 4 members (excludes halogenated alkanes) is 34. The van der Waals surface area contributed by atoms with Crippen molar-refractivity contribution in [3.63, 3.8) is 0 Å². The van der Waals surface area contributed by atoms with Crippen LogP contribution in [-0.4, -0.2) is 37.2 Å². The Balaban J connectivity index is 4.18. The van der Waals surface area contributed by atoms with Gasteiger partial charge in [-0.1, -0.05) is 279 Å². The van der Waals surface area contributed by atoms with Crippen molar-refractivity contribution in [3.05, 3.63) is 0 Å². The van der Waals surface area contributed by atoms with Gasteiger partial charge in [0, 0.05) is 19.3 Å². The zero-order valence-electron chi connectivity index (χ0n) is 43.2. The largest absolute Gasteiger partial charge is 0.462 e. The third kappa shape index (κ3) is 48.2. The van der Waals surface area contributed by atoms with Gasteiger partial charge in [0.05, 0.1) is 0 Å². The van der Waals surface area contributed by atoms with E-state index in [1.54, 1.807) is 0 Å². The van der Waals surface area contributed by atoms with Gasteiger partial charge in [-0.2, -0.15) is 0 Å². The number of carbonyl (C=O) groups excluding carboxylic acids is 3. The molecule has 6 nitrogen and oxygen atoms in total. The maximum Gasteiger partial charge on any atom is 0.306 e. The molecule has 0 amide bonds. The van der Waals surface area contributed by atoms with Crippen LogP contribution in [0.5, 0.6) is 0 Å². The molecule has 0 aliphatic heterocycles. The van der Waals surface area contributed by atoms with E-state index in [1.165, 1.54) is 205 Å². The zero-order chi connectivity index (χ0) is 46.1. The number of carbonyl (C=O) groups is 3. The topological polar surface area (TPSA) is 78.9 Å². The van der Waals surface area contributed by atoms with Crippen LogP contribution in [0.2, 0.25) is 0 Å². The molecule has 0 aromatic carbocycles. The summed E-state index contributed by atoms with van der Waals surface area (Å²) in [5, 5.41) is 0. The van der Waals surface area contributed by atoms with Crippen molar-refractivity contribution >= 4 is 17.9 Å². The molecule has 0 aromatic heterocycles. The van der Waals surface area contributed by atoms with E-state index >= 15 is 0 Å². The van der Waals surface area contributed by atoms with Crippen LogP contribution >= 0.6 is 0 Å². The minimum absolute atomic E-state index is 0.0632. The van der Waals surface area contributed by atoms with Gasteiger partial charge in [-0.05, 0) is 31.1 Å². The van der Waals surface area contributed by atoms with Gasteiger partial charge < -0.3 is 14.2 Å². The van der Waals surface area contributed by atoms with Crippen LogP contribution in [-0.2, 0) is 28.6 Å². The molecule has 374 valence electrons. The van der Waals surface area contributed by atoms with E-state index in [4.69, 9.17) is 14.2 Å². The van der Waals surface area contributed by atoms with Crippen molar-refractivity contribution in [1.82, 2.24) is 0 Å². The normalized spacial score (nSPS) is 12.9. The summed E-state index contributed by atoms with van der Waals surface area (Å²) in [6, 6.07) is 0. The first-order chi connectivity index (χ1) is 30.8. The maximum absolute atomic E-state index is 12.8. The Morgan fingerprint density at radius 3 is 0.825 bits per heavy atom. The van der Waals surface area contributed by atoms with Gasteiger partial charge in [-0.25, -0.2) is 0 Å². The lowest BCUT2D eigenvalue weighted by Crippen LogP contribution is -2.30. The quantitative estimate of drug-likeness (QED) is 0.0344. The minimum Gasteiger partial charge on any atom is -0.462 e. The third-order valence-corrected chi connectivity index (χ3v) is 13.7. The van der Waals surface area contributed by atoms with Gasteiger partial charge in [-0.15, -0.1) is 0 Å². The molecular formula is C57H110O6. The molecule has 0 fully saturated rings. The lowest BCUT2D eigenvalue weighted by molar-refractivity contribution is -0.167. The van der Waals surface area contributed by atoms with E-state index in [9.17, 15) is 14.4 Å². The summed E-state index contributed by atoms with van der Waals surface area (Å²) in [6.07, 6.45) is 52.3. The van der Waals surface area contributed by atoms with E-state index in [0.29, 0.717) is 19.3 Å². The van der Waals surface area contributed by atoms with Crippen LogP contribution in [0.1, 0.15) is 317 Å². The fraction of sp³-hybridized carbons (Fsp3) is 0.947. The molecule has 0 aliphatic carbocycles. The summed E-state index contributed by atoms with van der Waals surface area (Å²) in [4.78, 5) is 38.0. The highest BCUT2D eigenvalue weighted by molar-refractivity contribution is 5.71. The second-order valence-corrected chi connectivity index (χ2v) is 20.1. The molecule has 0 heterocycles. The van der Waals surface area contributed by atoms with Crippen LogP contribution in [0.15, 0.2) is 0 Å². The van der Waals surface area contributed by atoms with Crippen LogP contribution in [0.3, 0.4) is 0 Å². The second-order valence-electron chi connectivity index (χ2n) is 20.1. The predicted molar refractivity (Wildman–Crippen MR) is 270 cm³/mol. The van der Waals surface area contributed by atoms with Crippen molar-refractivity contribution in [2.75, 3.05) is 13.2 Å². The van der Waals surface area contributed by atoms with Crippen molar-refractivity contribution in [2.45, 2.75) is 323 Å². The molecule has 0 aromatic rings. The summed E-state index contributed by atoms with van der Waals surface area (Å²) in [5.74, 6) is 0.932. The molecule has 2 unspecified atom stereocenters. The van der Waals surface area contributed by atoms with Gasteiger partial charge in [0.15, 0.2) is 6.10 Å². The molecular weight excluding hydrogens is 781 g/mol. The molecule has 63 heavy (non-hydrogen) atoms. The smallest absolute Gasteiger partial charge is 0.306 e. The average Bonchev–Trinajstić information content (AvgIpc) is 3.28. The highest BCUT2D eigenvalue weighted by atomic mass is 16.6. The lowest BCUT2D eigenvalue weighted by Gasteiger charge is -2.18. The molecule has 0 rings (SSSR count). The summed E-state index contributed by atoms with van der Waals surface area (Å²) in [6.45, 7) is 11.4. The van der Waals surface area contributed by atoms with Crippen molar-refractivity contribution in [3.8, 4) is 0 Å². The van der Waals surface area contributed by atoms with Crippen molar-refractivity contribution in [1.29, 1.82) is 0 Å². The highest BCUT2D eigenvalue weighted by Crippen LogP contribution is 2.19. The van der Waals surface area contributed by atoms with Crippen LogP contribution in [0, 0.1) is 11.8 Å². The number of ether oxygens (including phenoxy) is 3. The van der Waals surface area contributed by atoms with Gasteiger partial charge in [0.1, 0.15) is 13.2 Å². The molecule has 6 heteroatoms. The molecule has 0 saturated heterocycles. The lowest BCUT2D eigenvalue weighted by atomic mass is 9.99. The summed E-state index contributed by atoms with van der Waals surface area (Å²) in [5.41, 5.74) is 0. The predicted octanol–water partition coefficient (Wildman–Crippen LogP) is 18.5. The summed E-state index contributed by atoms with van der Waals surface area (Å²) in [7, 11) is 0. The number of hydrogen-bond acceptors (Lipinski definition) is 6. The first-order valence-electron chi connectivity index (χ1n) is 28.3. The average molecular weight is 892 g/mol. The van der Waals surface area contributed by atoms with Gasteiger partial charge >= 0.3 is 17.9 Å². The second kappa shape index (κ2) is 49.8. The van der Waals surface area contributed by atoms with Gasteiger partial charge in [-0.3, -0.25) is 14.4 Å². The maximum atomic E-state index is 12.8. The first-order valence-corrected chi connectivity index (χ1v) is 28.3. The van der Waals surface area contributed by atoms with E-state index in [1.807, 2.05) is 0 Å². The summed E-state index contributed by atoms with van der Waals surface area (Å²) >= 11 is 0. The fourth-order valence-corrected chi connectivity index (χ4v) is 8.63. The van der Waals surface area contributed by atoms with Gasteiger partial charge in [0.25, 0.3) is 0 Å². The van der Waals surface area contributed by atoms with Gasteiger partial charge in [0.2, 0.25) is 0 Å². The zero-order valence-corrected chi connectivity index (χ0v) is 43.2. The van der Waals surface area contributed by atoms with Crippen molar-refractivity contribution < 1.29 is 28.6 Å². The number of rotatable bonds is 51. The van der Waals surface area contributed by atoms with Crippen molar-refractivity contribution in [2.24, 2.45) is 11.8 Å². The van der Waals surface area contributed by atoms with E-state index in [-0.39, 0.29) is 31.1 Å². The Morgan fingerprint density at radius 2 is 0.556 bits per heavy atom. The van der Waals surface area contributed by atoms with Crippen LogP contribution in [0.25, 0.3) is 0 Å². The first kappa shape index (κ1) is 61.4. The molecule has 0 bridgehead atoms. The van der Waals surface area contributed by atoms with Crippen LogP contribution < -0.4 is 0 Å². The number of hydrogen-bond donors (Lipinski definition) is 0. The van der Waals surface area contributed by atoms with Crippen LogP contribution in [0.4, 0.5) is 0 Å². The van der Waals surface area contributed by atoms with E-state index in [0.717, 1.165) is 69.6 Å². The Morgan fingerprint density at radius 1 is 0.317 bits per heavy atom. The highest BCUT2D eigenvalue weighted by Gasteiger charge is 2.19. The van der Waals surface area contributed by atoms with E-state index in [2.05, 4.69) is 34.6 Å². The SMILES string of the molecule is CCCCCCCCCCCC(=O)OC[C@@H](COC(=O)CCCCCCCCCCCCCCCCCCCCC(C)CC)OC(=O)CCCCCCCCCCCCC(C)CC. The van der Waals surface area contributed by atoms with E-state index < -0.39 is 6.10 Å². The molecule has 0 saturated carbocycles. The Kier molecular flexibility index (Phi) is 48.6. The standard InChI is InChI=1S/C57H110O6/c1-6-9-10-11-12-25-32-37-42-47-55(58)61-50-54(63-57(60)49-44-39-34-29-24-23-27-31-36-41-46-53(5)8-3)51-62-56(59)48-43-38-33-28-22-20-18-16-14-13-15-17-19-21-26-30-35-40-45-52(4)7-2/h52-54H,6-51H2,1-5H3/t52?,53?,54-/m0/s1. The molecule has 0 aliphatic rings. The Hall–Kier alpha value is -1.59. The monoisotopic (exact) mass is 891 g/mol. The Bertz CT molecular complexity index is 966. The minimum atomic E-state index is -0.761. The molecule has 0 N–H and O–H groups in total. The third-order valence-electron chi connectivity index (χ3n) is 13.7. The molecule has 3 atom stereocenters. The molecule has 0 spiro atoms. The number of esters is 3. The summed E-state index contributed by atoms with van der Waals surface area (Å²) < 4.78 is 16.8. The molecule has 0 radical (unpaired) electrons.